The van der Waals surface area contributed by atoms with Crippen LogP contribution in [0, 0.1) is 0 Å². The monoisotopic (exact) mass is 403 g/mol. The summed E-state index contributed by atoms with van der Waals surface area (Å²) >= 11 is 6.10. The minimum atomic E-state index is -4.26. The Kier molecular flexibility index (Phi) is 4.60. The molecule has 1 N–H and O–H groups in total. The maximum absolute atomic E-state index is 13.8. The molecule has 9 heteroatoms. The fraction of sp³-hybridized carbons (Fsp3) is 0.278. The van der Waals surface area contributed by atoms with Gasteiger partial charge in [0.05, 0.1) is 27.4 Å². The molecule has 0 unspecified atom stereocenters. The number of hydrogen-bond acceptors (Lipinski definition) is 3. The molecule has 0 atom stereocenters. The number of halogens is 5. The van der Waals surface area contributed by atoms with Crippen LogP contribution in [0.5, 0.6) is 5.75 Å². The summed E-state index contributed by atoms with van der Waals surface area (Å²) in [6.45, 7) is 1.90. The van der Waals surface area contributed by atoms with E-state index in [1.54, 1.807) is 12.1 Å². The first-order chi connectivity index (χ1) is 12.5. The van der Waals surface area contributed by atoms with Crippen molar-refractivity contribution in [3.8, 4) is 5.75 Å². The summed E-state index contributed by atoms with van der Waals surface area (Å²) in [4.78, 5) is 13.5. The molecule has 0 saturated heterocycles. The number of nitrogens with zero attached hydrogens (tertiary/aromatic N) is 1. The van der Waals surface area contributed by atoms with Gasteiger partial charge >= 0.3 is 12.2 Å². The lowest BCUT2D eigenvalue weighted by Crippen LogP contribution is -2.27. The van der Waals surface area contributed by atoms with Crippen molar-refractivity contribution in [1.82, 2.24) is 0 Å². The second kappa shape index (κ2) is 6.38. The summed E-state index contributed by atoms with van der Waals surface area (Å²) < 4.78 is 58.2. The molecule has 0 fully saturated rings. The molecule has 1 heterocycles. The highest BCUT2D eigenvalue weighted by Crippen LogP contribution is 2.53. The molecule has 3 rings (SSSR count). The fourth-order valence-corrected chi connectivity index (χ4v) is 3.12. The average Bonchev–Trinajstić information content (AvgIpc) is 2.76. The van der Waals surface area contributed by atoms with E-state index in [-0.39, 0.29) is 16.3 Å². The first-order valence-corrected chi connectivity index (χ1v) is 8.26. The molecule has 4 nitrogen and oxygen atoms in total. The number of aromatic hydroxyl groups is 1. The highest BCUT2D eigenvalue weighted by molar-refractivity contribution is 6.34. The summed E-state index contributed by atoms with van der Waals surface area (Å²) in [5.74, 6) is -1.47. The standard InChI is InChI=1S/C18H14ClF4NO3/c1-3-9-4-5-10(13(19)6-9)16(26)24(2)14-7-11-12(8-15(14)25)18(22,23)27-17(11,20)21/h4-8,25H,3H2,1-2H3. The largest absolute Gasteiger partial charge is 0.506 e. The molecule has 0 spiro atoms. The van der Waals surface area contributed by atoms with E-state index in [4.69, 9.17) is 11.6 Å². The van der Waals surface area contributed by atoms with Crippen molar-refractivity contribution in [2.24, 2.45) is 0 Å². The third-order valence-corrected chi connectivity index (χ3v) is 4.65. The van der Waals surface area contributed by atoms with Gasteiger partial charge in [0, 0.05) is 7.05 Å². The molecular weight excluding hydrogens is 390 g/mol. The highest BCUT2D eigenvalue weighted by Gasteiger charge is 2.58. The summed E-state index contributed by atoms with van der Waals surface area (Å²) in [5, 5.41) is 10.2. The molecule has 1 amide bonds. The van der Waals surface area contributed by atoms with Crippen LogP contribution in [-0.4, -0.2) is 18.1 Å². The second-order valence-electron chi connectivity index (χ2n) is 6.05. The average molecular weight is 404 g/mol. The maximum Gasteiger partial charge on any atom is 0.388 e. The van der Waals surface area contributed by atoms with Gasteiger partial charge in [0.2, 0.25) is 0 Å². The lowest BCUT2D eigenvalue weighted by molar-refractivity contribution is -0.369. The molecule has 1 aliphatic rings. The van der Waals surface area contributed by atoms with Gasteiger partial charge in [0.15, 0.2) is 0 Å². The quantitative estimate of drug-likeness (QED) is 0.733. The van der Waals surface area contributed by atoms with Crippen molar-refractivity contribution in [1.29, 1.82) is 0 Å². The minimum Gasteiger partial charge on any atom is -0.506 e. The van der Waals surface area contributed by atoms with Gasteiger partial charge in [-0.25, -0.2) is 4.74 Å². The highest BCUT2D eigenvalue weighted by atomic mass is 35.5. The van der Waals surface area contributed by atoms with Crippen molar-refractivity contribution in [3.63, 3.8) is 0 Å². The predicted molar refractivity (Wildman–Crippen MR) is 90.5 cm³/mol. The molecule has 2 aromatic carbocycles. The van der Waals surface area contributed by atoms with Crippen LogP contribution in [0.4, 0.5) is 23.2 Å². The Bertz CT molecular complexity index is 933. The fourth-order valence-electron chi connectivity index (χ4n) is 2.84. The normalized spacial score (nSPS) is 16.9. The molecule has 0 bridgehead atoms. The Hall–Kier alpha value is -2.32. The van der Waals surface area contributed by atoms with Crippen molar-refractivity contribution in [2.75, 3.05) is 11.9 Å². The number of benzene rings is 2. The Balaban J connectivity index is 2.03. The summed E-state index contributed by atoms with van der Waals surface area (Å²) in [6, 6.07) is 5.82. The third-order valence-electron chi connectivity index (χ3n) is 4.34. The predicted octanol–water partition coefficient (Wildman–Crippen LogP) is 5.01. The van der Waals surface area contributed by atoms with Crippen LogP contribution >= 0.6 is 11.6 Å². The number of alkyl halides is 4. The lowest BCUT2D eigenvalue weighted by atomic mass is 10.0. The topological polar surface area (TPSA) is 49.8 Å². The van der Waals surface area contributed by atoms with Crippen molar-refractivity contribution in [3.05, 3.63) is 57.6 Å². The van der Waals surface area contributed by atoms with Gasteiger partial charge in [-0.15, -0.1) is 0 Å². The number of phenols is 1. The van der Waals surface area contributed by atoms with Crippen LogP contribution < -0.4 is 4.90 Å². The number of anilines is 1. The van der Waals surface area contributed by atoms with Crippen molar-refractivity contribution >= 4 is 23.2 Å². The van der Waals surface area contributed by atoms with Gasteiger partial charge in [-0.05, 0) is 36.2 Å². The molecule has 1 aliphatic heterocycles. The summed E-state index contributed by atoms with van der Waals surface area (Å²) in [7, 11) is 1.21. The van der Waals surface area contributed by atoms with Crippen LogP contribution in [0.15, 0.2) is 30.3 Å². The van der Waals surface area contributed by atoms with E-state index in [9.17, 15) is 27.5 Å². The van der Waals surface area contributed by atoms with E-state index in [0.29, 0.717) is 18.6 Å². The molecular formula is C18H14ClF4NO3. The number of amides is 1. The molecule has 27 heavy (non-hydrogen) atoms. The molecule has 0 radical (unpaired) electrons. The minimum absolute atomic E-state index is 0.0737. The lowest BCUT2D eigenvalue weighted by Gasteiger charge is -2.21. The smallest absolute Gasteiger partial charge is 0.388 e. The molecule has 144 valence electrons. The molecule has 0 aromatic heterocycles. The third kappa shape index (κ3) is 3.23. The van der Waals surface area contributed by atoms with E-state index in [1.165, 1.54) is 13.1 Å². The van der Waals surface area contributed by atoms with E-state index < -0.39 is 35.0 Å². The second-order valence-corrected chi connectivity index (χ2v) is 6.46. The van der Waals surface area contributed by atoms with Crippen LogP contribution in [0.3, 0.4) is 0 Å². The van der Waals surface area contributed by atoms with E-state index in [0.717, 1.165) is 10.5 Å². The first-order valence-electron chi connectivity index (χ1n) is 7.88. The van der Waals surface area contributed by atoms with Crippen LogP contribution in [0.2, 0.25) is 5.02 Å². The van der Waals surface area contributed by atoms with Crippen molar-refractivity contribution in [2.45, 2.75) is 25.6 Å². The Labute approximate surface area is 156 Å². The van der Waals surface area contributed by atoms with Gasteiger partial charge in [-0.1, -0.05) is 24.6 Å². The van der Waals surface area contributed by atoms with Gasteiger partial charge in [0.1, 0.15) is 5.75 Å². The van der Waals surface area contributed by atoms with Crippen LogP contribution in [-0.2, 0) is 23.4 Å². The zero-order valence-electron chi connectivity index (χ0n) is 14.2. The van der Waals surface area contributed by atoms with Crippen molar-refractivity contribution < 1.29 is 32.2 Å². The summed E-state index contributed by atoms with van der Waals surface area (Å²) in [5.41, 5.74) is -1.69. The Morgan fingerprint density at radius 1 is 1.15 bits per heavy atom. The number of hydrogen-bond donors (Lipinski definition) is 1. The maximum atomic E-state index is 13.8. The van der Waals surface area contributed by atoms with Crippen LogP contribution in [0.1, 0.15) is 34.0 Å². The molecule has 2 aromatic rings. The molecule has 0 saturated carbocycles. The first kappa shape index (κ1) is 19.4. The zero-order chi connectivity index (χ0) is 20.1. The van der Waals surface area contributed by atoms with E-state index in [2.05, 4.69) is 4.74 Å². The van der Waals surface area contributed by atoms with Crippen LogP contribution in [0.25, 0.3) is 0 Å². The van der Waals surface area contributed by atoms with Gasteiger partial charge < -0.3 is 10.0 Å². The van der Waals surface area contributed by atoms with Gasteiger partial charge in [-0.3, -0.25) is 4.79 Å². The van der Waals surface area contributed by atoms with Gasteiger partial charge in [0.25, 0.3) is 5.91 Å². The Morgan fingerprint density at radius 3 is 2.30 bits per heavy atom. The van der Waals surface area contributed by atoms with Gasteiger partial charge in [-0.2, -0.15) is 17.6 Å². The number of aryl methyl sites for hydroxylation is 1. The number of carbonyl (C=O) groups is 1. The number of ether oxygens (including phenoxy) is 1. The zero-order valence-corrected chi connectivity index (χ0v) is 15.0. The van der Waals surface area contributed by atoms with E-state index >= 15 is 0 Å². The Morgan fingerprint density at radius 2 is 1.74 bits per heavy atom. The SMILES string of the molecule is CCc1ccc(C(=O)N(C)c2cc3c(cc2O)C(F)(F)OC3(F)F)c(Cl)c1. The van der Waals surface area contributed by atoms with E-state index in [1.807, 2.05) is 6.92 Å². The molecule has 0 aliphatic carbocycles. The summed E-state index contributed by atoms with van der Waals surface area (Å²) in [6.07, 6.45) is -7.82. The number of rotatable bonds is 3. The number of carbonyl (C=O) groups excluding carboxylic acids is 1. The number of fused-ring (bicyclic) bond motifs is 1. The number of phenolic OH excluding ortho intramolecular Hbond substituents is 1.